The zero-order valence-corrected chi connectivity index (χ0v) is 14.8. The van der Waals surface area contributed by atoms with Gasteiger partial charge < -0.3 is 15.2 Å². The molecular formula is C14H15F3N6O3S. The minimum Gasteiger partial charge on any atom is -0.379 e. The zero-order valence-electron chi connectivity index (χ0n) is 14.0. The van der Waals surface area contributed by atoms with Crippen molar-refractivity contribution in [1.29, 1.82) is 0 Å². The van der Waals surface area contributed by atoms with E-state index in [2.05, 4.69) is 20.8 Å². The van der Waals surface area contributed by atoms with Crippen LogP contribution in [0.2, 0.25) is 0 Å². The predicted molar refractivity (Wildman–Crippen MR) is 91.4 cm³/mol. The Labute approximate surface area is 155 Å². The third-order valence-electron chi connectivity index (χ3n) is 3.61. The van der Waals surface area contributed by atoms with E-state index in [1.165, 1.54) is 0 Å². The second-order valence-electron chi connectivity index (χ2n) is 5.44. The molecule has 0 fully saturated rings. The first kappa shape index (κ1) is 20.4. The Hall–Kier alpha value is -2.96. The predicted octanol–water partition coefficient (Wildman–Crippen LogP) is 2.52. The molecule has 0 radical (unpaired) electrons. The van der Waals surface area contributed by atoms with E-state index < -0.39 is 22.4 Å². The molecule has 0 unspecified atom stereocenters. The maximum Gasteiger partial charge on any atom is 0.416 e. The van der Waals surface area contributed by atoms with Crippen molar-refractivity contribution < 1.29 is 22.9 Å². The van der Waals surface area contributed by atoms with Gasteiger partial charge in [0, 0.05) is 26.1 Å². The maximum absolute atomic E-state index is 12.7. The molecule has 0 saturated carbocycles. The minimum atomic E-state index is -4.68. The molecule has 0 aliphatic heterocycles. The number of nitrogens with one attached hydrogen (secondary N) is 3. The summed E-state index contributed by atoms with van der Waals surface area (Å²) in [6, 6.07) is 2.15. The standard InChI is InChI=1S/C14H15F3N6O3S/c1-22-11(20-21-13(22)27)7-19-12(24)4-5-18-9-3-2-8(14(15,16)17)6-10(9)23(25)26/h2-3,6,18H,4-5,7H2,1H3,(H,19,24)(H,21,27). The normalized spacial score (nSPS) is 11.3. The van der Waals surface area contributed by atoms with Gasteiger partial charge in [0.2, 0.25) is 5.91 Å². The third-order valence-corrected chi connectivity index (χ3v) is 3.97. The third kappa shape index (κ3) is 5.26. The lowest BCUT2D eigenvalue weighted by molar-refractivity contribution is -0.384. The highest BCUT2D eigenvalue weighted by Crippen LogP contribution is 2.34. The highest BCUT2D eigenvalue weighted by molar-refractivity contribution is 7.71. The number of H-pyrrole nitrogens is 1. The fraction of sp³-hybridized carbons (Fsp3) is 0.357. The van der Waals surface area contributed by atoms with Crippen LogP contribution in [0.3, 0.4) is 0 Å². The summed E-state index contributed by atoms with van der Waals surface area (Å²) in [6.45, 7) is 0.125. The van der Waals surface area contributed by atoms with Crippen molar-refractivity contribution in [3.63, 3.8) is 0 Å². The Bertz CT molecular complexity index is 908. The second kappa shape index (κ2) is 8.16. The van der Waals surface area contributed by atoms with Gasteiger partial charge in [-0.3, -0.25) is 20.0 Å². The summed E-state index contributed by atoms with van der Waals surface area (Å²) in [4.78, 5) is 21.9. The summed E-state index contributed by atoms with van der Waals surface area (Å²) in [5, 5.41) is 22.7. The number of nitro benzene ring substituents is 1. The molecule has 2 rings (SSSR count). The number of nitro groups is 1. The molecule has 0 atom stereocenters. The monoisotopic (exact) mass is 404 g/mol. The Morgan fingerprint density at radius 2 is 2.15 bits per heavy atom. The van der Waals surface area contributed by atoms with Crippen LogP contribution in [-0.2, 0) is 24.6 Å². The summed E-state index contributed by atoms with van der Waals surface area (Å²) in [7, 11) is 1.68. The fourth-order valence-electron chi connectivity index (χ4n) is 2.12. The average molecular weight is 404 g/mol. The first-order chi connectivity index (χ1) is 12.6. The summed E-state index contributed by atoms with van der Waals surface area (Å²) < 4.78 is 40.0. The number of hydrogen-bond acceptors (Lipinski definition) is 6. The Balaban J connectivity index is 1.92. The van der Waals surface area contributed by atoms with Gasteiger partial charge in [0.15, 0.2) is 10.6 Å². The molecule has 0 bridgehead atoms. The van der Waals surface area contributed by atoms with Crippen molar-refractivity contribution in [3.8, 4) is 0 Å². The lowest BCUT2D eigenvalue weighted by Crippen LogP contribution is -2.26. The van der Waals surface area contributed by atoms with Crippen molar-refractivity contribution >= 4 is 29.5 Å². The van der Waals surface area contributed by atoms with Gasteiger partial charge in [-0.1, -0.05) is 0 Å². The molecule has 9 nitrogen and oxygen atoms in total. The van der Waals surface area contributed by atoms with E-state index in [-0.39, 0.29) is 31.1 Å². The van der Waals surface area contributed by atoms with E-state index in [4.69, 9.17) is 12.2 Å². The number of anilines is 1. The maximum atomic E-state index is 12.7. The molecule has 0 spiro atoms. The number of carbonyl (C=O) groups is 1. The summed E-state index contributed by atoms with van der Waals surface area (Å²) in [6.07, 6.45) is -4.73. The van der Waals surface area contributed by atoms with Crippen LogP contribution in [-0.4, -0.2) is 32.1 Å². The number of aromatic amines is 1. The van der Waals surface area contributed by atoms with E-state index in [1.54, 1.807) is 11.6 Å². The number of aromatic nitrogens is 3. The molecule has 3 N–H and O–H groups in total. The van der Waals surface area contributed by atoms with Crippen molar-refractivity contribution in [3.05, 3.63) is 44.5 Å². The zero-order chi connectivity index (χ0) is 20.2. The van der Waals surface area contributed by atoms with Crippen molar-refractivity contribution in [2.24, 2.45) is 7.05 Å². The molecule has 0 saturated heterocycles. The smallest absolute Gasteiger partial charge is 0.379 e. The molecule has 1 aromatic carbocycles. The molecular weight excluding hydrogens is 389 g/mol. The van der Waals surface area contributed by atoms with Crippen LogP contribution in [0.15, 0.2) is 18.2 Å². The highest BCUT2D eigenvalue weighted by Gasteiger charge is 2.33. The molecule has 0 aliphatic rings. The van der Waals surface area contributed by atoms with Gasteiger partial charge in [0.25, 0.3) is 5.69 Å². The first-order valence-electron chi connectivity index (χ1n) is 7.56. The average Bonchev–Trinajstić information content (AvgIpc) is 2.91. The van der Waals surface area contributed by atoms with Crippen LogP contribution < -0.4 is 10.6 Å². The van der Waals surface area contributed by atoms with Crippen LogP contribution >= 0.6 is 12.2 Å². The van der Waals surface area contributed by atoms with Gasteiger partial charge in [0.1, 0.15) is 5.69 Å². The number of alkyl halides is 3. The summed E-state index contributed by atoms with van der Waals surface area (Å²) in [5.74, 6) is 0.144. The van der Waals surface area contributed by atoms with Crippen molar-refractivity contribution in [2.45, 2.75) is 19.1 Å². The van der Waals surface area contributed by atoms with Crippen LogP contribution in [0.4, 0.5) is 24.5 Å². The number of rotatable bonds is 7. The fourth-order valence-corrected chi connectivity index (χ4v) is 2.27. The van der Waals surface area contributed by atoms with Crippen LogP contribution in [0.25, 0.3) is 0 Å². The van der Waals surface area contributed by atoms with E-state index in [0.29, 0.717) is 16.7 Å². The second-order valence-corrected chi connectivity index (χ2v) is 5.83. The molecule has 27 heavy (non-hydrogen) atoms. The Morgan fingerprint density at radius 1 is 1.44 bits per heavy atom. The van der Waals surface area contributed by atoms with E-state index in [1.807, 2.05) is 0 Å². The molecule has 0 aliphatic carbocycles. The number of hydrogen-bond donors (Lipinski definition) is 3. The van der Waals surface area contributed by atoms with Gasteiger partial charge in [-0.05, 0) is 24.4 Å². The molecule has 2 aromatic rings. The number of amides is 1. The molecule has 1 amide bonds. The Kier molecular flexibility index (Phi) is 6.15. The van der Waals surface area contributed by atoms with Crippen LogP contribution in [0.1, 0.15) is 17.8 Å². The van der Waals surface area contributed by atoms with E-state index >= 15 is 0 Å². The summed E-state index contributed by atoms with van der Waals surface area (Å²) >= 11 is 4.94. The van der Waals surface area contributed by atoms with Crippen LogP contribution in [0.5, 0.6) is 0 Å². The minimum absolute atomic E-state index is 0.00296. The highest BCUT2D eigenvalue weighted by atomic mass is 32.1. The Morgan fingerprint density at radius 3 is 2.70 bits per heavy atom. The van der Waals surface area contributed by atoms with Crippen LogP contribution in [0, 0.1) is 14.9 Å². The SMILES string of the molecule is Cn1c(CNC(=O)CCNc2ccc(C(F)(F)F)cc2[N+](=O)[O-])n[nH]c1=S. The van der Waals surface area contributed by atoms with Gasteiger partial charge in [-0.25, -0.2) is 0 Å². The molecule has 146 valence electrons. The quantitative estimate of drug-likeness (QED) is 0.371. The number of benzene rings is 1. The largest absolute Gasteiger partial charge is 0.416 e. The van der Waals surface area contributed by atoms with Gasteiger partial charge in [-0.2, -0.15) is 18.3 Å². The van der Waals surface area contributed by atoms with E-state index in [9.17, 15) is 28.1 Å². The lowest BCUT2D eigenvalue weighted by atomic mass is 10.1. The van der Waals surface area contributed by atoms with Crippen molar-refractivity contribution in [2.75, 3.05) is 11.9 Å². The molecule has 13 heteroatoms. The van der Waals surface area contributed by atoms with Crippen molar-refractivity contribution in [1.82, 2.24) is 20.1 Å². The van der Waals surface area contributed by atoms with Gasteiger partial charge in [0.05, 0.1) is 17.0 Å². The topological polar surface area (TPSA) is 118 Å². The number of halogens is 3. The molecule has 1 heterocycles. The van der Waals surface area contributed by atoms with E-state index in [0.717, 1.165) is 12.1 Å². The number of nitrogens with zero attached hydrogens (tertiary/aromatic N) is 3. The summed E-state index contributed by atoms with van der Waals surface area (Å²) in [5.41, 5.74) is -1.94. The van der Waals surface area contributed by atoms with Gasteiger partial charge in [-0.15, -0.1) is 0 Å². The number of carbonyl (C=O) groups excluding carboxylic acids is 1. The molecule has 1 aromatic heterocycles. The van der Waals surface area contributed by atoms with Gasteiger partial charge >= 0.3 is 6.18 Å². The lowest BCUT2D eigenvalue weighted by Gasteiger charge is -2.10. The first-order valence-corrected chi connectivity index (χ1v) is 7.97.